The molecule has 3 nitrogen and oxygen atoms in total. The van der Waals surface area contributed by atoms with Gasteiger partial charge in [-0.2, -0.15) is 0 Å². The van der Waals surface area contributed by atoms with Crippen molar-refractivity contribution in [1.82, 2.24) is 0 Å². The number of carbonyl (C=O) groups excluding carboxylic acids is 1. The van der Waals surface area contributed by atoms with E-state index in [0.29, 0.717) is 6.61 Å². The Hall–Kier alpha value is -1.61. The highest BCUT2D eigenvalue weighted by atomic mass is 16.7. The van der Waals surface area contributed by atoms with E-state index >= 15 is 0 Å². The van der Waals surface area contributed by atoms with Crippen LogP contribution in [-0.4, -0.2) is 18.9 Å². The molecule has 3 heteroatoms. The van der Waals surface area contributed by atoms with Gasteiger partial charge < -0.3 is 9.47 Å². The van der Waals surface area contributed by atoms with Crippen LogP contribution in [0, 0.1) is 6.92 Å². The van der Waals surface area contributed by atoms with Crippen molar-refractivity contribution < 1.29 is 14.3 Å². The summed E-state index contributed by atoms with van der Waals surface area (Å²) >= 11 is 0. The smallest absolute Gasteiger partial charge is 0.333 e. The summed E-state index contributed by atoms with van der Waals surface area (Å²) in [5.74, 6) is -0.345. The quantitative estimate of drug-likeness (QED) is 0.607. The molecule has 1 atom stereocenters. The van der Waals surface area contributed by atoms with Crippen LogP contribution >= 0.6 is 0 Å². The summed E-state index contributed by atoms with van der Waals surface area (Å²) in [4.78, 5) is 11.6. The van der Waals surface area contributed by atoms with Gasteiger partial charge in [0.2, 0.25) is 6.29 Å². The summed E-state index contributed by atoms with van der Waals surface area (Å²) in [6.07, 6.45) is 5.73. The van der Waals surface area contributed by atoms with Crippen LogP contribution in [0.2, 0.25) is 0 Å². The second kappa shape index (κ2) is 6.36. The zero-order valence-electron chi connectivity index (χ0n) is 10.6. The van der Waals surface area contributed by atoms with E-state index in [-0.39, 0.29) is 12.3 Å². The maximum atomic E-state index is 11.6. The van der Waals surface area contributed by atoms with Crippen LogP contribution in [0.5, 0.6) is 0 Å². The molecule has 1 fully saturated rings. The van der Waals surface area contributed by atoms with E-state index in [4.69, 9.17) is 9.47 Å². The maximum Gasteiger partial charge on any atom is 0.333 e. The lowest BCUT2D eigenvalue weighted by Gasteiger charge is -2.21. The topological polar surface area (TPSA) is 35.5 Å². The molecule has 0 aromatic heterocycles. The van der Waals surface area contributed by atoms with Crippen molar-refractivity contribution in [2.24, 2.45) is 0 Å². The van der Waals surface area contributed by atoms with E-state index in [1.165, 1.54) is 11.6 Å². The van der Waals surface area contributed by atoms with Crippen LogP contribution in [0.25, 0.3) is 6.08 Å². The number of benzene rings is 1. The van der Waals surface area contributed by atoms with Crippen molar-refractivity contribution in [3.63, 3.8) is 0 Å². The summed E-state index contributed by atoms with van der Waals surface area (Å²) in [6, 6.07) is 7.96. The Morgan fingerprint density at radius 2 is 2.11 bits per heavy atom. The fraction of sp³-hybridized carbons (Fsp3) is 0.400. The number of rotatable bonds is 3. The third kappa shape index (κ3) is 4.00. The summed E-state index contributed by atoms with van der Waals surface area (Å²) in [5, 5.41) is 0. The Morgan fingerprint density at radius 3 is 2.78 bits per heavy atom. The van der Waals surface area contributed by atoms with Crippen LogP contribution in [0.4, 0.5) is 0 Å². The van der Waals surface area contributed by atoms with E-state index in [9.17, 15) is 4.79 Å². The van der Waals surface area contributed by atoms with Gasteiger partial charge in [-0.25, -0.2) is 4.79 Å². The average molecular weight is 246 g/mol. The molecule has 1 aromatic rings. The highest BCUT2D eigenvalue weighted by Gasteiger charge is 2.16. The molecular weight excluding hydrogens is 228 g/mol. The summed E-state index contributed by atoms with van der Waals surface area (Å²) < 4.78 is 10.5. The van der Waals surface area contributed by atoms with Crippen LogP contribution in [0.15, 0.2) is 30.3 Å². The Morgan fingerprint density at radius 1 is 1.33 bits per heavy atom. The minimum absolute atomic E-state index is 0.345. The first-order valence-electron chi connectivity index (χ1n) is 6.31. The number of esters is 1. The van der Waals surface area contributed by atoms with Crippen LogP contribution in [0.3, 0.4) is 0 Å². The van der Waals surface area contributed by atoms with Gasteiger partial charge in [-0.05, 0) is 31.4 Å². The third-order valence-corrected chi connectivity index (χ3v) is 2.87. The molecule has 1 heterocycles. The van der Waals surface area contributed by atoms with Crippen molar-refractivity contribution in [3.05, 3.63) is 41.5 Å². The van der Waals surface area contributed by atoms with Gasteiger partial charge in [0.25, 0.3) is 0 Å². The fourth-order valence-electron chi connectivity index (χ4n) is 1.81. The van der Waals surface area contributed by atoms with Crippen LogP contribution < -0.4 is 0 Å². The van der Waals surface area contributed by atoms with E-state index in [2.05, 4.69) is 0 Å². The molecule has 1 aliphatic rings. The molecule has 0 amide bonds. The molecule has 1 aromatic carbocycles. The molecule has 1 saturated heterocycles. The zero-order valence-corrected chi connectivity index (χ0v) is 10.6. The van der Waals surface area contributed by atoms with Crippen molar-refractivity contribution >= 4 is 12.0 Å². The lowest BCUT2D eigenvalue weighted by Crippen LogP contribution is -2.24. The number of carbonyl (C=O) groups is 1. The van der Waals surface area contributed by atoms with Gasteiger partial charge in [0, 0.05) is 12.5 Å². The van der Waals surface area contributed by atoms with E-state index in [0.717, 1.165) is 24.8 Å². The first kappa shape index (κ1) is 12.8. The number of hydrogen-bond acceptors (Lipinski definition) is 3. The zero-order chi connectivity index (χ0) is 12.8. The molecule has 2 rings (SSSR count). The van der Waals surface area contributed by atoms with E-state index < -0.39 is 0 Å². The van der Waals surface area contributed by atoms with Gasteiger partial charge >= 0.3 is 5.97 Å². The van der Waals surface area contributed by atoms with Crippen molar-refractivity contribution in [2.75, 3.05) is 6.61 Å². The van der Waals surface area contributed by atoms with Gasteiger partial charge in [0.05, 0.1) is 6.61 Å². The van der Waals surface area contributed by atoms with Crippen LogP contribution in [-0.2, 0) is 14.3 Å². The predicted octanol–water partition coefficient (Wildman–Crippen LogP) is 3.08. The summed E-state index contributed by atoms with van der Waals surface area (Å²) in [6.45, 7) is 2.71. The molecule has 0 N–H and O–H groups in total. The van der Waals surface area contributed by atoms with Crippen molar-refractivity contribution in [3.8, 4) is 0 Å². The first-order chi connectivity index (χ1) is 8.74. The molecule has 96 valence electrons. The molecular formula is C15H18O3. The molecule has 0 bridgehead atoms. The normalized spacial score (nSPS) is 19.9. The van der Waals surface area contributed by atoms with Gasteiger partial charge in [-0.1, -0.05) is 29.8 Å². The number of aryl methyl sites for hydroxylation is 1. The van der Waals surface area contributed by atoms with Crippen molar-refractivity contribution in [2.45, 2.75) is 32.5 Å². The maximum absolute atomic E-state index is 11.6. The van der Waals surface area contributed by atoms with Gasteiger partial charge in [0.15, 0.2) is 0 Å². The van der Waals surface area contributed by atoms with Crippen molar-refractivity contribution in [1.29, 1.82) is 0 Å². The molecule has 0 aliphatic carbocycles. The largest absolute Gasteiger partial charge is 0.433 e. The minimum atomic E-state index is -0.367. The van der Waals surface area contributed by atoms with Gasteiger partial charge in [-0.3, -0.25) is 0 Å². The van der Waals surface area contributed by atoms with E-state index in [1.54, 1.807) is 6.08 Å². The fourth-order valence-corrected chi connectivity index (χ4v) is 1.81. The third-order valence-electron chi connectivity index (χ3n) is 2.87. The highest BCUT2D eigenvalue weighted by Crippen LogP contribution is 2.14. The minimum Gasteiger partial charge on any atom is -0.433 e. The first-order valence-corrected chi connectivity index (χ1v) is 6.31. The Bertz CT molecular complexity index is 414. The molecule has 18 heavy (non-hydrogen) atoms. The summed E-state index contributed by atoms with van der Waals surface area (Å²) in [5.41, 5.74) is 2.19. The van der Waals surface area contributed by atoms with E-state index in [1.807, 2.05) is 31.2 Å². The molecule has 0 spiro atoms. The second-order valence-electron chi connectivity index (χ2n) is 4.48. The number of ether oxygens (including phenoxy) is 2. The van der Waals surface area contributed by atoms with Gasteiger partial charge in [-0.15, -0.1) is 0 Å². The monoisotopic (exact) mass is 246 g/mol. The average Bonchev–Trinajstić information content (AvgIpc) is 2.39. The SMILES string of the molecule is Cc1ccc(/C=C/C(=O)OC2CCCCO2)cc1. The summed E-state index contributed by atoms with van der Waals surface area (Å²) in [7, 11) is 0. The van der Waals surface area contributed by atoms with Gasteiger partial charge in [0.1, 0.15) is 0 Å². The highest BCUT2D eigenvalue weighted by molar-refractivity contribution is 5.87. The lowest BCUT2D eigenvalue weighted by molar-refractivity contribution is -0.181. The standard InChI is InChI=1S/C15H18O3/c1-12-5-7-13(8-6-12)9-10-14(16)18-15-4-2-3-11-17-15/h5-10,15H,2-4,11H2,1H3/b10-9+. The van der Waals surface area contributed by atoms with Crippen LogP contribution in [0.1, 0.15) is 30.4 Å². The molecule has 1 unspecified atom stereocenters. The lowest BCUT2D eigenvalue weighted by atomic mass is 10.1. The Labute approximate surface area is 107 Å². The second-order valence-corrected chi connectivity index (χ2v) is 4.48. The molecule has 0 saturated carbocycles. The molecule has 1 aliphatic heterocycles. The molecule has 0 radical (unpaired) electrons. The predicted molar refractivity (Wildman–Crippen MR) is 69.9 cm³/mol. The number of hydrogen-bond donors (Lipinski definition) is 0. The Kier molecular flexibility index (Phi) is 4.53. The Balaban J connectivity index is 1.84.